The highest BCUT2D eigenvalue weighted by molar-refractivity contribution is 5.93. The molecular weight excluding hydrogens is 320 g/mol. The van der Waals surface area contributed by atoms with Crippen molar-refractivity contribution < 1.29 is 4.79 Å². The molecule has 0 saturated heterocycles. The van der Waals surface area contributed by atoms with Gasteiger partial charge in [-0.15, -0.1) is 0 Å². The normalized spacial score (nSPS) is 19.7. The Morgan fingerprint density at radius 1 is 0.885 bits per heavy atom. The number of carbonyl (C=O) groups excluding carboxylic acids is 1. The van der Waals surface area contributed by atoms with Crippen LogP contribution < -0.4 is 5.32 Å². The second kappa shape index (κ2) is 9.03. The van der Waals surface area contributed by atoms with Crippen LogP contribution in [-0.4, -0.2) is 29.4 Å². The number of nitrogens with one attached hydrogen (secondary N) is 1. The van der Waals surface area contributed by atoms with E-state index in [1.807, 2.05) is 0 Å². The summed E-state index contributed by atoms with van der Waals surface area (Å²) in [6.07, 6.45) is 13.1. The van der Waals surface area contributed by atoms with Crippen molar-refractivity contribution in [1.82, 2.24) is 4.90 Å². The van der Waals surface area contributed by atoms with Crippen molar-refractivity contribution in [1.29, 1.82) is 0 Å². The fourth-order valence-corrected chi connectivity index (χ4v) is 5.10. The van der Waals surface area contributed by atoms with E-state index in [9.17, 15) is 4.79 Å². The lowest BCUT2D eigenvalue weighted by Gasteiger charge is -2.41. The summed E-state index contributed by atoms with van der Waals surface area (Å²) in [5.41, 5.74) is 4.59. The zero-order valence-corrected chi connectivity index (χ0v) is 16.9. The third-order valence-electron chi connectivity index (χ3n) is 6.36. The first-order valence-corrected chi connectivity index (χ1v) is 10.7. The highest BCUT2D eigenvalue weighted by Gasteiger charge is 2.30. The van der Waals surface area contributed by atoms with E-state index in [1.54, 1.807) is 0 Å². The van der Waals surface area contributed by atoms with Gasteiger partial charge in [0.1, 0.15) is 0 Å². The fourth-order valence-electron chi connectivity index (χ4n) is 5.10. The number of aryl methyl sites for hydroxylation is 3. The van der Waals surface area contributed by atoms with Gasteiger partial charge < -0.3 is 5.32 Å². The molecule has 3 nitrogen and oxygen atoms in total. The standard InChI is InChI=1S/C23H36N2O/c1-17-14-18(2)23(19(3)15-17)24-22(26)16-25(20-10-6-4-7-11-20)21-12-8-5-9-13-21/h14-15,20-21H,4-13,16H2,1-3H3,(H,24,26). The average Bonchev–Trinajstić information content (AvgIpc) is 2.64. The molecular formula is C23H36N2O. The molecule has 1 aromatic rings. The summed E-state index contributed by atoms with van der Waals surface area (Å²) in [7, 11) is 0. The van der Waals surface area contributed by atoms with Crippen LogP contribution in [0.4, 0.5) is 5.69 Å². The predicted molar refractivity (Wildman–Crippen MR) is 110 cm³/mol. The molecule has 2 saturated carbocycles. The van der Waals surface area contributed by atoms with Crippen molar-refractivity contribution >= 4 is 11.6 Å². The van der Waals surface area contributed by atoms with Crippen LogP contribution in [0.3, 0.4) is 0 Å². The van der Waals surface area contributed by atoms with Gasteiger partial charge in [-0.3, -0.25) is 9.69 Å². The summed E-state index contributed by atoms with van der Waals surface area (Å²) >= 11 is 0. The molecule has 3 rings (SSSR count). The van der Waals surface area contributed by atoms with E-state index in [0.717, 1.165) is 16.8 Å². The molecule has 3 heteroatoms. The molecule has 2 fully saturated rings. The fraction of sp³-hybridized carbons (Fsp3) is 0.696. The first-order valence-electron chi connectivity index (χ1n) is 10.7. The first-order chi connectivity index (χ1) is 12.5. The average molecular weight is 357 g/mol. The van der Waals surface area contributed by atoms with Crippen molar-refractivity contribution in [3.8, 4) is 0 Å². The molecule has 26 heavy (non-hydrogen) atoms. The Morgan fingerprint density at radius 2 is 1.35 bits per heavy atom. The molecule has 0 radical (unpaired) electrons. The highest BCUT2D eigenvalue weighted by atomic mass is 16.2. The quantitative estimate of drug-likeness (QED) is 0.753. The smallest absolute Gasteiger partial charge is 0.238 e. The van der Waals surface area contributed by atoms with E-state index in [4.69, 9.17) is 0 Å². The third-order valence-corrected chi connectivity index (χ3v) is 6.36. The van der Waals surface area contributed by atoms with Crippen molar-refractivity contribution in [2.45, 2.75) is 97.1 Å². The molecule has 1 aromatic carbocycles. The van der Waals surface area contributed by atoms with Gasteiger partial charge in [0, 0.05) is 17.8 Å². The number of anilines is 1. The van der Waals surface area contributed by atoms with E-state index in [2.05, 4.69) is 43.1 Å². The Hall–Kier alpha value is -1.35. The maximum Gasteiger partial charge on any atom is 0.238 e. The van der Waals surface area contributed by atoms with Crippen LogP contribution in [0.2, 0.25) is 0 Å². The molecule has 0 heterocycles. The summed E-state index contributed by atoms with van der Waals surface area (Å²) < 4.78 is 0. The highest BCUT2D eigenvalue weighted by Crippen LogP contribution is 2.30. The molecule has 1 amide bonds. The van der Waals surface area contributed by atoms with Crippen molar-refractivity contribution in [2.75, 3.05) is 11.9 Å². The minimum Gasteiger partial charge on any atom is -0.324 e. The first kappa shape index (κ1) is 19.4. The molecule has 1 N–H and O–H groups in total. The van der Waals surface area contributed by atoms with Crippen LogP contribution in [0.15, 0.2) is 12.1 Å². The van der Waals surface area contributed by atoms with E-state index in [0.29, 0.717) is 18.6 Å². The van der Waals surface area contributed by atoms with Crippen LogP contribution in [0.5, 0.6) is 0 Å². The Morgan fingerprint density at radius 3 is 1.81 bits per heavy atom. The number of rotatable bonds is 5. The molecule has 0 atom stereocenters. The lowest BCUT2D eigenvalue weighted by Crippen LogP contribution is -2.48. The number of hydrogen-bond donors (Lipinski definition) is 1. The number of nitrogens with zero attached hydrogens (tertiary/aromatic N) is 1. The van der Waals surface area contributed by atoms with Gasteiger partial charge in [-0.05, 0) is 57.6 Å². The number of carbonyl (C=O) groups is 1. The van der Waals surface area contributed by atoms with Gasteiger partial charge in [-0.2, -0.15) is 0 Å². The molecule has 0 aliphatic heterocycles. The van der Waals surface area contributed by atoms with E-state index >= 15 is 0 Å². The summed E-state index contributed by atoms with van der Waals surface area (Å²) in [6.45, 7) is 6.85. The molecule has 144 valence electrons. The minimum atomic E-state index is 0.163. The van der Waals surface area contributed by atoms with Gasteiger partial charge in [0.25, 0.3) is 0 Å². The van der Waals surface area contributed by atoms with Crippen LogP contribution in [0.25, 0.3) is 0 Å². The summed E-state index contributed by atoms with van der Waals surface area (Å²) in [4.78, 5) is 15.5. The zero-order valence-electron chi connectivity index (χ0n) is 16.9. The molecule has 2 aliphatic rings. The van der Waals surface area contributed by atoms with Gasteiger partial charge in [-0.25, -0.2) is 0 Å². The Kier molecular flexibility index (Phi) is 6.74. The van der Waals surface area contributed by atoms with Gasteiger partial charge in [-0.1, -0.05) is 56.2 Å². The van der Waals surface area contributed by atoms with E-state index < -0.39 is 0 Å². The van der Waals surface area contributed by atoms with Gasteiger partial charge >= 0.3 is 0 Å². The molecule has 0 aromatic heterocycles. The second-order valence-corrected chi connectivity index (χ2v) is 8.58. The Balaban J connectivity index is 1.70. The van der Waals surface area contributed by atoms with Crippen LogP contribution >= 0.6 is 0 Å². The minimum absolute atomic E-state index is 0.163. The lowest BCUT2D eigenvalue weighted by atomic mass is 9.88. The Bertz CT molecular complexity index is 572. The number of amides is 1. The van der Waals surface area contributed by atoms with Crippen LogP contribution in [0.1, 0.15) is 80.9 Å². The van der Waals surface area contributed by atoms with E-state index in [1.165, 1.54) is 69.8 Å². The number of hydrogen-bond acceptors (Lipinski definition) is 2. The largest absolute Gasteiger partial charge is 0.324 e. The maximum absolute atomic E-state index is 12.9. The van der Waals surface area contributed by atoms with Crippen LogP contribution in [0, 0.1) is 20.8 Å². The van der Waals surface area contributed by atoms with Crippen molar-refractivity contribution in [3.63, 3.8) is 0 Å². The molecule has 0 unspecified atom stereocenters. The monoisotopic (exact) mass is 356 g/mol. The van der Waals surface area contributed by atoms with Gasteiger partial charge in [0.2, 0.25) is 5.91 Å². The Labute approximate surface area is 159 Å². The zero-order chi connectivity index (χ0) is 18.5. The summed E-state index contributed by atoms with van der Waals surface area (Å²) in [6, 6.07) is 5.53. The molecule has 2 aliphatic carbocycles. The molecule has 0 spiro atoms. The van der Waals surface area contributed by atoms with Gasteiger partial charge in [0.05, 0.1) is 6.54 Å². The maximum atomic E-state index is 12.9. The topological polar surface area (TPSA) is 32.3 Å². The number of benzene rings is 1. The summed E-state index contributed by atoms with van der Waals surface area (Å²) in [5.74, 6) is 0.163. The predicted octanol–water partition coefficient (Wildman–Crippen LogP) is 5.52. The van der Waals surface area contributed by atoms with Crippen molar-refractivity contribution in [3.05, 3.63) is 28.8 Å². The van der Waals surface area contributed by atoms with E-state index in [-0.39, 0.29) is 5.91 Å². The van der Waals surface area contributed by atoms with Crippen molar-refractivity contribution in [2.24, 2.45) is 0 Å². The third kappa shape index (κ3) is 4.88. The SMILES string of the molecule is Cc1cc(C)c(NC(=O)CN(C2CCCCC2)C2CCCCC2)c(C)c1. The van der Waals surface area contributed by atoms with Gasteiger partial charge in [0.15, 0.2) is 0 Å². The lowest BCUT2D eigenvalue weighted by molar-refractivity contribution is -0.119. The molecule has 0 bridgehead atoms. The summed E-state index contributed by atoms with van der Waals surface area (Å²) in [5, 5.41) is 3.23. The van der Waals surface area contributed by atoms with Crippen LogP contribution in [-0.2, 0) is 4.79 Å². The second-order valence-electron chi connectivity index (χ2n) is 8.58.